The van der Waals surface area contributed by atoms with Crippen LogP contribution in [-0.2, 0) is 0 Å². The third kappa shape index (κ3) is 2.36. The normalized spacial score (nSPS) is 12.2. The van der Waals surface area contributed by atoms with E-state index in [1.807, 2.05) is 31.2 Å². The van der Waals surface area contributed by atoms with Gasteiger partial charge in [0.25, 0.3) is 0 Å². The maximum Gasteiger partial charge on any atom is 0.134 e. The smallest absolute Gasteiger partial charge is 0.134 e. The standard InChI is InChI=1S/C15H16FNO/c1-10(17)12-5-3-4-6-13(12)14-8-7-11(18-2)9-15(14)16/h3-10H,17H2,1-2H3. The molecule has 1 unspecified atom stereocenters. The summed E-state index contributed by atoms with van der Waals surface area (Å²) in [7, 11) is 1.52. The molecule has 18 heavy (non-hydrogen) atoms. The maximum absolute atomic E-state index is 14.0. The van der Waals surface area contributed by atoms with Crippen LogP contribution in [0.3, 0.4) is 0 Å². The van der Waals surface area contributed by atoms with Crippen LogP contribution >= 0.6 is 0 Å². The van der Waals surface area contributed by atoms with Crippen molar-refractivity contribution in [3.63, 3.8) is 0 Å². The molecule has 94 valence electrons. The lowest BCUT2D eigenvalue weighted by Gasteiger charge is -2.13. The van der Waals surface area contributed by atoms with Crippen molar-refractivity contribution in [2.24, 2.45) is 5.73 Å². The number of hydrogen-bond donors (Lipinski definition) is 1. The Labute approximate surface area is 106 Å². The molecule has 2 aromatic carbocycles. The van der Waals surface area contributed by atoms with E-state index in [1.54, 1.807) is 12.1 Å². The number of hydrogen-bond acceptors (Lipinski definition) is 2. The Morgan fingerprint density at radius 3 is 2.44 bits per heavy atom. The first kappa shape index (κ1) is 12.6. The second-order valence-corrected chi connectivity index (χ2v) is 4.22. The highest BCUT2D eigenvalue weighted by Crippen LogP contribution is 2.31. The van der Waals surface area contributed by atoms with Gasteiger partial charge in [-0.15, -0.1) is 0 Å². The van der Waals surface area contributed by atoms with Crippen molar-refractivity contribution in [2.45, 2.75) is 13.0 Å². The van der Waals surface area contributed by atoms with Gasteiger partial charge in [-0.25, -0.2) is 4.39 Å². The zero-order valence-electron chi connectivity index (χ0n) is 10.5. The van der Waals surface area contributed by atoms with Crippen LogP contribution in [0.5, 0.6) is 5.75 Å². The van der Waals surface area contributed by atoms with Crippen molar-refractivity contribution in [3.8, 4) is 16.9 Å². The first-order chi connectivity index (χ1) is 8.63. The Hall–Kier alpha value is -1.87. The van der Waals surface area contributed by atoms with Gasteiger partial charge in [0.15, 0.2) is 0 Å². The van der Waals surface area contributed by atoms with Gasteiger partial charge in [-0.1, -0.05) is 24.3 Å². The molecule has 0 saturated carbocycles. The summed E-state index contributed by atoms with van der Waals surface area (Å²) in [6, 6.07) is 12.3. The van der Waals surface area contributed by atoms with Gasteiger partial charge in [-0.2, -0.15) is 0 Å². The molecule has 2 rings (SSSR count). The molecule has 0 spiro atoms. The van der Waals surface area contributed by atoms with Gasteiger partial charge in [-0.05, 0) is 30.2 Å². The van der Waals surface area contributed by atoms with Gasteiger partial charge in [0.05, 0.1) is 7.11 Å². The van der Waals surface area contributed by atoms with Crippen molar-refractivity contribution < 1.29 is 9.13 Å². The lowest BCUT2D eigenvalue weighted by atomic mass is 9.95. The van der Waals surface area contributed by atoms with Gasteiger partial charge in [0, 0.05) is 17.7 Å². The average Bonchev–Trinajstić information content (AvgIpc) is 2.38. The van der Waals surface area contributed by atoms with Gasteiger partial charge < -0.3 is 10.5 Å². The van der Waals surface area contributed by atoms with E-state index in [4.69, 9.17) is 10.5 Å². The molecule has 0 radical (unpaired) electrons. The average molecular weight is 245 g/mol. The van der Waals surface area contributed by atoms with Crippen LogP contribution in [-0.4, -0.2) is 7.11 Å². The van der Waals surface area contributed by atoms with Gasteiger partial charge in [0.1, 0.15) is 11.6 Å². The van der Waals surface area contributed by atoms with Gasteiger partial charge in [-0.3, -0.25) is 0 Å². The number of halogens is 1. The summed E-state index contributed by atoms with van der Waals surface area (Å²) < 4.78 is 19.0. The Morgan fingerprint density at radius 1 is 1.11 bits per heavy atom. The van der Waals surface area contributed by atoms with E-state index < -0.39 is 0 Å². The fraction of sp³-hybridized carbons (Fsp3) is 0.200. The van der Waals surface area contributed by atoms with E-state index in [9.17, 15) is 4.39 Å². The summed E-state index contributed by atoms with van der Waals surface area (Å²) in [5.41, 5.74) is 8.21. The van der Waals surface area contributed by atoms with E-state index in [0.717, 1.165) is 11.1 Å². The third-order valence-corrected chi connectivity index (χ3v) is 2.92. The first-order valence-electron chi connectivity index (χ1n) is 5.82. The summed E-state index contributed by atoms with van der Waals surface area (Å²) in [5.74, 6) is 0.206. The molecule has 0 aliphatic carbocycles. The Kier molecular flexibility index (Phi) is 3.63. The van der Waals surface area contributed by atoms with Crippen molar-refractivity contribution in [1.82, 2.24) is 0 Å². The molecule has 2 N–H and O–H groups in total. The molecular weight excluding hydrogens is 229 g/mol. The topological polar surface area (TPSA) is 35.2 Å². The molecule has 0 heterocycles. The van der Waals surface area contributed by atoms with E-state index in [0.29, 0.717) is 11.3 Å². The molecule has 3 heteroatoms. The molecule has 2 aromatic rings. The second-order valence-electron chi connectivity index (χ2n) is 4.22. The van der Waals surface area contributed by atoms with Crippen LogP contribution in [0.1, 0.15) is 18.5 Å². The Morgan fingerprint density at radius 2 is 1.83 bits per heavy atom. The summed E-state index contributed by atoms with van der Waals surface area (Å²) in [5, 5.41) is 0. The molecule has 0 bridgehead atoms. The summed E-state index contributed by atoms with van der Waals surface area (Å²) in [6.45, 7) is 1.89. The number of benzene rings is 2. The molecular formula is C15H16FNO. The van der Waals surface area contributed by atoms with Crippen molar-refractivity contribution >= 4 is 0 Å². The summed E-state index contributed by atoms with van der Waals surface area (Å²) in [4.78, 5) is 0. The fourth-order valence-corrected chi connectivity index (χ4v) is 1.98. The van der Waals surface area contributed by atoms with Crippen LogP contribution < -0.4 is 10.5 Å². The minimum atomic E-state index is -0.303. The Bertz CT molecular complexity index is 552. The molecule has 0 fully saturated rings. The highest BCUT2D eigenvalue weighted by molar-refractivity contribution is 5.69. The van der Waals surface area contributed by atoms with Crippen LogP contribution in [0, 0.1) is 5.82 Å². The molecule has 1 atom stereocenters. The lowest BCUT2D eigenvalue weighted by molar-refractivity contribution is 0.411. The predicted octanol–water partition coefficient (Wildman–Crippen LogP) is 3.52. The third-order valence-electron chi connectivity index (χ3n) is 2.92. The first-order valence-corrected chi connectivity index (χ1v) is 5.82. The van der Waals surface area contributed by atoms with Gasteiger partial charge >= 0.3 is 0 Å². The highest BCUT2D eigenvalue weighted by Gasteiger charge is 2.12. The summed E-state index contributed by atoms with van der Waals surface area (Å²) in [6.07, 6.45) is 0. The van der Waals surface area contributed by atoms with Crippen LogP contribution in [0.4, 0.5) is 4.39 Å². The minimum Gasteiger partial charge on any atom is -0.497 e. The zero-order chi connectivity index (χ0) is 13.1. The lowest BCUT2D eigenvalue weighted by Crippen LogP contribution is -2.06. The van der Waals surface area contributed by atoms with Crippen LogP contribution in [0.25, 0.3) is 11.1 Å². The molecule has 0 saturated heterocycles. The largest absolute Gasteiger partial charge is 0.497 e. The molecule has 2 nitrogen and oxygen atoms in total. The predicted molar refractivity (Wildman–Crippen MR) is 71.0 cm³/mol. The van der Waals surface area contributed by atoms with E-state index >= 15 is 0 Å². The summed E-state index contributed by atoms with van der Waals surface area (Å²) >= 11 is 0. The van der Waals surface area contributed by atoms with Crippen molar-refractivity contribution in [3.05, 3.63) is 53.8 Å². The van der Waals surface area contributed by atoms with E-state index in [2.05, 4.69) is 0 Å². The highest BCUT2D eigenvalue weighted by atomic mass is 19.1. The zero-order valence-corrected chi connectivity index (χ0v) is 10.5. The number of ether oxygens (including phenoxy) is 1. The molecule has 0 aliphatic rings. The van der Waals surface area contributed by atoms with Crippen LogP contribution in [0.2, 0.25) is 0 Å². The quantitative estimate of drug-likeness (QED) is 0.898. The Balaban J connectivity index is 2.55. The molecule has 0 amide bonds. The van der Waals surface area contributed by atoms with Gasteiger partial charge in [0.2, 0.25) is 0 Å². The van der Waals surface area contributed by atoms with E-state index in [-0.39, 0.29) is 11.9 Å². The number of nitrogens with two attached hydrogens (primary N) is 1. The van der Waals surface area contributed by atoms with Crippen molar-refractivity contribution in [1.29, 1.82) is 0 Å². The number of rotatable bonds is 3. The van der Waals surface area contributed by atoms with E-state index in [1.165, 1.54) is 13.2 Å². The maximum atomic E-state index is 14.0. The molecule has 0 aliphatic heterocycles. The fourth-order valence-electron chi connectivity index (χ4n) is 1.98. The molecule has 0 aromatic heterocycles. The van der Waals surface area contributed by atoms with Crippen molar-refractivity contribution in [2.75, 3.05) is 7.11 Å². The SMILES string of the molecule is COc1ccc(-c2ccccc2C(C)N)c(F)c1. The number of methoxy groups -OCH3 is 1. The monoisotopic (exact) mass is 245 g/mol. The van der Waals surface area contributed by atoms with Crippen LogP contribution in [0.15, 0.2) is 42.5 Å². The minimum absolute atomic E-state index is 0.136. The second kappa shape index (κ2) is 5.19.